The summed E-state index contributed by atoms with van der Waals surface area (Å²) in [5, 5.41) is 2.11. The zero-order chi connectivity index (χ0) is 16.1. The third-order valence-electron chi connectivity index (χ3n) is 1.85. The molecular formula is C11H15NO2. The molecule has 1 aliphatic rings. The van der Waals surface area contributed by atoms with Crippen LogP contribution in [0.1, 0.15) is 22.1 Å². The monoisotopic (exact) mass is 200 g/mol. The van der Waals surface area contributed by atoms with E-state index in [1.54, 1.807) is 0 Å². The Balaban J connectivity index is 2.24. The number of hydrogen-bond acceptors (Lipinski definition) is 3. The van der Waals surface area contributed by atoms with Gasteiger partial charge in [-0.15, -0.1) is 0 Å². The van der Waals surface area contributed by atoms with E-state index in [4.69, 9.17) is 19.1 Å². The third-order valence-corrected chi connectivity index (χ3v) is 1.85. The third kappa shape index (κ3) is 1.82. The van der Waals surface area contributed by atoms with Crippen molar-refractivity contribution in [2.45, 2.75) is 19.3 Å². The maximum absolute atomic E-state index is 8.07. The molecular weight excluding hydrogens is 178 g/mol. The molecule has 0 bridgehead atoms. The zero-order valence-corrected chi connectivity index (χ0v) is 7.63. The molecule has 1 N–H and O–H groups in total. The van der Waals surface area contributed by atoms with E-state index in [2.05, 4.69) is 5.32 Å². The van der Waals surface area contributed by atoms with Crippen LogP contribution in [-0.2, 0) is 6.40 Å². The Morgan fingerprint density at radius 2 is 2.57 bits per heavy atom. The lowest BCUT2D eigenvalue weighted by Gasteiger charge is -2.09. The number of benzene rings is 1. The van der Waals surface area contributed by atoms with Crippen LogP contribution in [0.5, 0.6) is 11.5 Å². The summed E-state index contributed by atoms with van der Waals surface area (Å²) < 4.78 is 62.0. The number of ether oxygens (including phenoxy) is 2. The molecule has 0 amide bonds. The molecule has 2 rings (SSSR count). The van der Waals surface area contributed by atoms with Gasteiger partial charge in [0.25, 0.3) is 0 Å². The van der Waals surface area contributed by atoms with Gasteiger partial charge in [-0.1, -0.05) is 6.07 Å². The van der Waals surface area contributed by atoms with Gasteiger partial charge < -0.3 is 14.8 Å². The molecule has 3 heteroatoms. The Hall–Kier alpha value is -1.22. The molecule has 0 fully saturated rings. The van der Waals surface area contributed by atoms with Crippen LogP contribution < -0.4 is 14.8 Å². The second kappa shape index (κ2) is 3.88. The highest BCUT2D eigenvalue weighted by Gasteiger charge is 2.13. The van der Waals surface area contributed by atoms with Gasteiger partial charge in [0.05, 0.1) is 0 Å². The van der Waals surface area contributed by atoms with Gasteiger partial charge in [0, 0.05) is 12.9 Å². The van der Waals surface area contributed by atoms with Gasteiger partial charge in [-0.05, 0) is 38.0 Å². The van der Waals surface area contributed by atoms with Crippen molar-refractivity contribution in [2.75, 3.05) is 13.7 Å². The number of nitrogens with one attached hydrogen (secondary N) is 1. The number of fused-ring (bicyclic) bond motifs is 1. The van der Waals surface area contributed by atoms with E-state index < -0.39 is 26.1 Å². The first-order chi connectivity index (χ1) is 9.40. The molecule has 0 saturated carbocycles. The van der Waals surface area contributed by atoms with Crippen LogP contribution in [0.15, 0.2) is 18.2 Å². The van der Waals surface area contributed by atoms with E-state index in [1.807, 2.05) is 0 Å². The average Bonchev–Trinajstić information content (AvgIpc) is 2.57. The van der Waals surface area contributed by atoms with E-state index in [9.17, 15) is 0 Å². The summed E-state index contributed by atoms with van der Waals surface area (Å²) in [7, 11) is 0. The Morgan fingerprint density at radius 3 is 3.43 bits per heavy atom. The van der Waals surface area contributed by atoms with Crippen LogP contribution in [-0.4, -0.2) is 19.7 Å². The van der Waals surface area contributed by atoms with Crippen LogP contribution in [0.2, 0.25) is 0 Å². The van der Waals surface area contributed by atoms with Crippen molar-refractivity contribution < 1.29 is 19.1 Å². The highest BCUT2D eigenvalue weighted by atomic mass is 16.7. The summed E-state index contributed by atoms with van der Waals surface area (Å²) in [6.07, 6.45) is -1.21. The first kappa shape index (κ1) is 4.11. The minimum atomic E-state index is -2.54. The van der Waals surface area contributed by atoms with Crippen LogP contribution in [0.3, 0.4) is 0 Å². The molecule has 0 spiro atoms. The first-order valence-electron chi connectivity index (χ1n) is 7.71. The topological polar surface area (TPSA) is 30.5 Å². The van der Waals surface area contributed by atoms with Crippen molar-refractivity contribution >= 4 is 0 Å². The molecule has 2 unspecified atom stereocenters. The Labute approximate surface area is 93.9 Å². The van der Waals surface area contributed by atoms with Crippen molar-refractivity contribution in [1.29, 1.82) is 0 Å². The molecule has 0 radical (unpaired) electrons. The summed E-state index contributed by atoms with van der Waals surface area (Å²) in [4.78, 5) is 0. The van der Waals surface area contributed by atoms with Crippen LogP contribution in [0, 0.1) is 0 Å². The summed E-state index contributed by atoms with van der Waals surface area (Å²) in [5.74, 6) is 0.325. The Bertz CT molecular complexity index is 544. The average molecular weight is 200 g/mol. The lowest BCUT2D eigenvalue weighted by molar-refractivity contribution is 0.174. The van der Waals surface area contributed by atoms with Crippen molar-refractivity contribution in [3.63, 3.8) is 0 Å². The van der Waals surface area contributed by atoms with Crippen molar-refractivity contribution in [1.82, 2.24) is 5.32 Å². The maximum Gasteiger partial charge on any atom is 0.231 e. The first-order valence-corrected chi connectivity index (χ1v) is 4.13. The minimum absolute atomic E-state index is 0.124. The molecule has 1 aromatic rings. The van der Waals surface area contributed by atoms with E-state index in [-0.39, 0.29) is 11.5 Å². The van der Waals surface area contributed by atoms with Gasteiger partial charge in [0.15, 0.2) is 11.5 Å². The van der Waals surface area contributed by atoms with Crippen LogP contribution in [0.25, 0.3) is 0 Å². The number of likely N-dealkylation sites (N-methyl/N-ethyl adjacent to an activating group) is 1. The molecule has 0 aromatic heterocycles. The van der Waals surface area contributed by atoms with Gasteiger partial charge in [0.1, 0.15) is 2.74 Å². The van der Waals surface area contributed by atoms with E-state index in [1.165, 1.54) is 25.1 Å². The highest BCUT2D eigenvalue weighted by Crippen LogP contribution is 2.32. The number of hydrogen-bond donors (Lipinski definition) is 1. The fourth-order valence-corrected chi connectivity index (χ4v) is 1.18. The van der Waals surface area contributed by atoms with E-state index in [0.29, 0.717) is 5.56 Å². The van der Waals surface area contributed by atoms with Crippen LogP contribution >= 0.6 is 0 Å². The van der Waals surface area contributed by atoms with Gasteiger partial charge in [-0.25, -0.2) is 0 Å². The maximum atomic E-state index is 8.07. The molecule has 1 heterocycles. The molecule has 1 aliphatic heterocycles. The van der Waals surface area contributed by atoms with E-state index >= 15 is 0 Å². The SMILES string of the molecule is [2H]C(c1ccc2c(c1)OC([2H])([2H])O2)C([2H])(C)NC([2H])([2H])[2H]. The number of rotatable bonds is 3. The predicted molar refractivity (Wildman–Crippen MR) is 54.8 cm³/mol. The molecule has 14 heavy (non-hydrogen) atoms. The van der Waals surface area contributed by atoms with Crippen LogP contribution in [0.4, 0.5) is 0 Å². The Kier molecular flexibility index (Phi) is 1.14. The second-order valence-corrected chi connectivity index (χ2v) is 2.95. The minimum Gasteiger partial charge on any atom is -0.454 e. The van der Waals surface area contributed by atoms with Gasteiger partial charge in [-0.2, -0.15) is 0 Å². The fraction of sp³-hybridized carbons (Fsp3) is 0.455. The molecule has 76 valence electrons. The predicted octanol–water partition coefficient (Wildman–Crippen LogP) is 1.57. The summed E-state index contributed by atoms with van der Waals surface area (Å²) in [6.45, 7) is -3.51. The van der Waals surface area contributed by atoms with Gasteiger partial charge in [0.2, 0.25) is 6.75 Å². The van der Waals surface area contributed by atoms with Crippen molar-refractivity contribution in [2.24, 2.45) is 0 Å². The zero-order valence-electron chi connectivity index (χ0n) is 14.6. The second-order valence-electron chi connectivity index (χ2n) is 2.95. The largest absolute Gasteiger partial charge is 0.454 e. The normalized spacial score (nSPS) is 31.9. The summed E-state index contributed by atoms with van der Waals surface area (Å²) >= 11 is 0. The molecule has 0 aliphatic carbocycles. The van der Waals surface area contributed by atoms with Crippen molar-refractivity contribution in [3.05, 3.63) is 23.8 Å². The van der Waals surface area contributed by atoms with Gasteiger partial charge in [-0.3, -0.25) is 0 Å². The molecule has 2 atom stereocenters. The Morgan fingerprint density at radius 1 is 1.71 bits per heavy atom. The molecule has 0 saturated heterocycles. The molecule has 3 nitrogen and oxygen atoms in total. The smallest absolute Gasteiger partial charge is 0.231 e. The standard InChI is InChI=1S/C11H15NO2/c1-8(12-2)5-9-3-4-10-11(6-9)14-7-13-10/h3-4,6,8,12H,5,7H2,1-2H3/i2D3,5D,7D2,8D. The van der Waals surface area contributed by atoms with E-state index in [0.717, 1.165) is 0 Å². The quantitative estimate of drug-likeness (QED) is 0.803. The highest BCUT2D eigenvalue weighted by molar-refractivity contribution is 5.44. The van der Waals surface area contributed by atoms with Gasteiger partial charge >= 0.3 is 0 Å². The lowest BCUT2D eigenvalue weighted by Crippen LogP contribution is -2.23. The van der Waals surface area contributed by atoms with Crippen molar-refractivity contribution in [3.8, 4) is 11.5 Å². The fourth-order valence-electron chi connectivity index (χ4n) is 1.18. The lowest BCUT2D eigenvalue weighted by atomic mass is 10.1. The molecule has 1 aromatic carbocycles. The summed E-state index contributed by atoms with van der Waals surface area (Å²) in [6, 6.07) is 2.54. The summed E-state index contributed by atoms with van der Waals surface area (Å²) in [5.41, 5.74) is 0.323.